The fourth-order valence-electron chi connectivity index (χ4n) is 3.04. The van der Waals surface area contributed by atoms with Gasteiger partial charge < -0.3 is 14.5 Å². The SMILES string of the molecule is Cc1oc(-c2ccccc2)nc1CC(=O)Nc1nc(CN2CCOCC2)cs1. The Labute approximate surface area is 167 Å². The van der Waals surface area contributed by atoms with E-state index in [9.17, 15) is 4.79 Å². The fourth-order valence-corrected chi connectivity index (χ4v) is 3.75. The van der Waals surface area contributed by atoms with E-state index < -0.39 is 0 Å². The Morgan fingerprint density at radius 3 is 2.79 bits per heavy atom. The summed E-state index contributed by atoms with van der Waals surface area (Å²) in [5.74, 6) is 1.03. The molecule has 0 radical (unpaired) electrons. The molecule has 1 saturated heterocycles. The topological polar surface area (TPSA) is 80.5 Å². The van der Waals surface area contributed by atoms with Crippen LogP contribution in [-0.4, -0.2) is 47.1 Å². The van der Waals surface area contributed by atoms with Crippen molar-refractivity contribution in [2.24, 2.45) is 0 Å². The second-order valence-corrected chi connectivity index (χ2v) is 7.50. The minimum atomic E-state index is -0.150. The first-order valence-electron chi connectivity index (χ1n) is 9.23. The van der Waals surface area contributed by atoms with E-state index in [2.05, 4.69) is 20.2 Å². The van der Waals surface area contributed by atoms with Crippen molar-refractivity contribution in [3.8, 4) is 11.5 Å². The molecule has 28 heavy (non-hydrogen) atoms. The number of nitrogens with one attached hydrogen (secondary N) is 1. The zero-order valence-electron chi connectivity index (χ0n) is 15.7. The predicted octanol–water partition coefficient (Wildman–Crippen LogP) is 3.12. The summed E-state index contributed by atoms with van der Waals surface area (Å²) in [7, 11) is 0. The number of ether oxygens (including phenoxy) is 1. The van der Waals surface area contributed by atoms with Crippen LogP contribution < -0.4 is 5.32 Å². The summed E-state index contributed by atoms with van der Waals surface area (Å²) in [6.07, 6.45) is 0.153. The van der Waals surface area contributed by atoms with E-state index in [4.69, 9.17) is 9.15 Å². The van der Waals surface area contributed by atoms with Crippen molar-refractivity contribution in [1.82, 2.24) is 14.9 Å². The van der Waals surface area contributed by atoms with Gasteiger partial charge in [0.15, 0.2) is 5.13 Å². The molecule has 3 heterocycles. The molecule has 8 heteroatoms. The standard InChI is InChI=1S/C20H22N4O3S/c1-14-17(22-19(27-14)15-5-3-2-4-6-15)11-18(25)23-20-21-16(13-28-20)12-24-7-9-26-10-8-24/h2-6,13H,7-12H2,1H3,(H,21,23,25). The number of morpholine rings is 1. The number of hydrogen-bond acceptors (Lipinski definition) is 7. The van der Waals surface area contributed by atoms with E-state index in [1.165, 1.54) is 11.3 Å². The zero-order valence-corrected chi connectivity index (χ0v) is 16.5. The molecule has 7 nitrogen and oxygen atoms in total. The molecular weight excluding hydrogens is 376 g/mol. The van der Waals surface area contributed by atoms with Crippen molar-refractivity contribution in [2.45, 2.75) is 19.9 Å². The molecule has 0 saturated carbocycles. The van der Waals surface area contributed by atoms with Gasteiger partial charge in [0.25, 0.3) is 0 Å². The lowest BCUT2D eigenvalue weighted by atomic mass is 10.2. The number of anilines is 1. The van der Waals surface area contributed by atoms with E-state index >= 15 is 0 Å². The highest BCUT2D eigenvalue weighted by Crippen LogP contribution is 2.22. The monoisotopic (exact) mass is 398 g/mol. The summed E-state index contributed by atoms with van der Waals surface area (Å²) in [6, 6.07) is 9.66. The number of aryl methyl sites for hydroxylation is 1. The van der Waals surface area contributed by atoms with Gasteiger partial charge in [0, 0.05) is 30.6 Å². The summed E-state index contributed by atoms with van der Waals surface area (Å²) >= 11 is 1.44. The maximum atomic E-state index is 12.4. The van der Waals surface area contributed by atoms with Gasteiger partial charge in [-0.05, 0) is 19.1 Å². The van der Waals surface area contributed by atoms with Crippen LogP contribution in [0.15, 0.2) is 40.1 Å². The van der Waals surface area contributed by atoms with Gasteiger partial charge in [-0.2, -0.15) is 0 Å². The van der Waals surface area contributed by atoms with Crippen molar-refractivity contribution in [1.29, 1.82) is 0 Å². The van der Waals surface area contributed by atoms with Gasteiger partial charge in [0.2, 0.25) is 11.8 Å². The first kappa shape index (κ1) is 18.8. The number of nitrogens with zero attached hydrogens (tertiary/aromatic N) is 3. The molecule has 0 aliphatic carbocycles. The summed E-state index contributed by atoms with van der Waals surface area (Å²) in [4.78, 5) is 23.7. The number of benzene rings is 1. The van der Waals surface area contributed by atoms with E-state index in [1.54, 1.807) is 0 Å². The molecule has 1 aliphatic rings. The van der Waals surface area contributed by atoms with Crippen LogP contribution in [0.4, 0.5) is 5.13 Å². The molecule has 0 atom stereocenters. The number of carbonyl (C=O) groups is 1. The molecule has 3 aromatic rings. The molecular formula is C20H22N4O3S. The van der Waals surface area contributed by atoms with E-state index in [1.807, 2.05) is 42.6 Å². The molecule has 2 aromatic heterocycles. The summed E-state index contributed by atoms with van der Waals surface area (Å²) in [6.45, 7) is 5.94. The largest absolute Gasteiger partial charge is 0.441 e. The lowest BCUT2D eigenvalue weighted by Crippen LogP contribution is -2.35. The van der Waals surface area contributed by atoms with Gasteiger partial charge in [-0.1, -0.05) is 18.2 Å². The van der Waals surface area contributed by atoms with Crippen molar-refractivity contribution in [3.05, 3.63) is 52.9 Å². The fraction of sp³-hybridized carbons (Fsp3) is 0.350. The average molecular weight is 398 g/mol. The second kappa shape index (κ2) is 8.64. The maximum Gasteiger partial charge on any atom is 0.232 e. The Morgan fingerprint density at radius 2 is 2.00 bits per heavy atom. The van der Waals surface area contributed by atoms with Gasteiger partial charge >= 0.3 is 0 Å². The van der Waals surface area contributed by atoms with E-state index in [0.717, 1.165) is 44.1 Å². The van der Waals surface area contributed by atoms with E-state index in [-0.39, 0.29) is 12.3 Å². The van der Waals surface area contributed by atoms with Crippen LogP contribution >= 0.6 is 11.3 Å². The van der Waals surface area contributed by atoms with Crippen LogP contribution in [0.5, 0.6) is 0 Å². The lowest BCUT2D eigenvalue weighted by molar-refractivity contribution is -0.115. The smallest absolute Gasteiger partial charge is 0.232 e. The van der Waals surface area contributed by atoms with Crippen LogP contribution in [0, 0.1) is 6.92 Å². The Morgan fingerprint density at radius 1 is 1.21 bits per heavy atom. The van der Waals surface area contributed by atoms with Gasteiger partial charge in [-0.25, -0.2) is 9.97 Å². The molecule has 0 unspecified atom stereocenters. The van der Waals surface area contributed by atoms with E-state index in [0.29, 0.717) is 22.5 Å². The number of hydrogen-bond donors (Lipinski definition) is 1. The minimum Gasteiger partial charge on any atom is -0.441 e. The quantitative estimate of drug-likeness (QED) is 0.687. The van der Waals surface area contributed by atoms with Gasteiger partial charge in [0.05, 0.1) is 31.0 Å². The summed E-state index contributed by atoms with van der Waals surface area (Å²) < 4.78 is 11.1. The van der Waals surface area contributed by atoms with Gasteiger partial charge in [-0.15, -0.1) is 11.3 Å². The molecule has 1 N–H and O–H groups in total. The van der Waals surface area contributed by atoms with Crippen molar-refractivity contribution < 1.29 is 13.9 Å². The molecule has 4 rings (SSSR count). The number of amides is 1. The third-order valence-electron chi connectivity index (χ3n) is 4.53. The van der Waals surface area contributed by atoms with Crippen molar-refractivity contribution in [3.63, 3.8) is 0 Å². The highest BCUT2D eigenvalue weighted by molar-refractivity contribution is 7.13. The molecule has 1 amide bonds. The number of rotatable bonds is 6. The second-order valence-electron chi connectivity index (χ2n) is 6.65. The highest BCUT2D eigenvalue weighted by Gasteiger charge is 2.17. The Hall–Kier alpha value is -2.55. The number of aromatic nitrogens is 2. The molecule has 1 aliphatic heterocycles. The molecule has 0 spiro atoms. The third kappa shape index (κ3) is 4.64. The Kier molecular flexibility index (Phi) is 5.80. The van der Waals surface area contributed by atoms with Crippen molar-refractivity contribution in [2.75, 3.05) is 31.6 Å². The summed E-state index contributed by atoms with van der Waals surface area (Å²) in [5.41, 5.74) is 2.50. The maximum absolute atomic E-state index is 12.4. The lowest BCUT2D eigenvalue weighted by Gasteiger charge is -2.25. The first-order chi connectivity index (χ1) is 13.7. The van der Waals surface area contributed by atoms with Crippen molar-refractivity contribution >= 4 is 22.4 Å². The van der Waals surface area contributed by atoms with Crippen LogP contribution in [0.25, 0.3) is 11.5 Å². The first-order valence-corrected chi connectivity index (χ1v) is 10.1. The van der Waals surface area contributed by atoms with Crippen LogP contribution in [0.3, 0.4) is 0 Å². The molecule has 146 valence electrons. The average Bonchev–Trinajstić information content (AvgIpc) is 3.30. The number of carbonyl (C=O) groups excluding carboxylic acids is 1. The zero-order chi connectivity index (χ0) is 19.3. The molecule has 1 aromatic carbocycles. The number of oxazole rings is 1. The summed E-state index contributed by atoms with van der Waals surface area (Å²) in [5, 5.41) is 5.46. The van der Waals surface area contributed by atoms with Gasteiger partial charge in [0.1, 0.15) is 5.76 Å². The van der Waals surface area contributed by atoms with Gasteiger partial charge in [-0.3, -0.25) is 9.69 Å². The van der Waals surface area contributed by atoms with Crippen LogP contribution in [-0.2, 0) is 22.5 Å². The predicted molar refractivity (Wildman–Crippen MR) is 107 cm³/mol. The molecule has 1 fully saturated rings. The molecule has 0 bridgehead atoms. The minimum absolute atomic E-state index is 0.150. The van der Waals surface area contributed by atoms with Crippen LogP contribution in [0.1, 0.15) is 17.1 Å². The Balaban J connectivity index is 1.35. The third-order valence-corrected chi connectivity index (χ3v) is 5.34. The highest BCUT2D eigenvalue weighted by atomic mass is 32.1. The Bertz CT molecular complexity index is 932. The number of thiazole rings is 1. The van der Waals surface area contributed by atoms with Crippen LogP contribution in [0.2, 0.25) is 0 Å². The normalized spacial score (nSPS) is 14.9.